The molecule has 120 valence electrons. The first kappa shape index (κ1) is 17.0. The number of allylic oxidation sites excluding steroid dienone is 1. The van der Waals surface area contributed by atoms with Gasteiger partial charge in [0.15, 0.2) is 0 Å². The fourth-order valence-electron chi connectivity index (χ4n) is 2.47. The van der Waals surface area contributed by atoms with Gasteiger partial charge in [0.2, 0.25) is 0 Å². The zero-order valence-corrected chi connectivity index (χ0v) is 14.2. The Kier molecular flexibility index (Phi) is 4.69. The summed E-state index contributed by atoms with van der Waals surface area (Å²) in [6, 6.07) is 7.40. The molecule has 1 fully saturated rings. The van der Waals surface area contributed by atoms with Crippen LogP contribution in [0.5, 0.6) is 5.75 Å². The second-order valence-corrected chi connectivity index (χ2v) is 6.47. The van der Waals surface area contributed by atoms with E-state index in [2.05, 4.69) is 0 Å². The molecule has 0 amide bonds. The zero-order valence-electron chi connectivity index (χ0n) is 14.2. The lowest BCUT2D eigenvalue weighted by Crippen LogP contribution is -2.41. The average molecular weight is 306 g/mol. The molecule has 0 spiro atoms. The summed E-state index contributed by atoms with van der Waals surface area (Å²) in [7, 11) is 0.601. The van der Waals surface area contributed by atoms with Crippen LogP contribution in [-0.2, 0) is 9.31 Å². The Balaban J connectivity index is 2.43. The van der Waals surface area contributed by atoms with E-state index in [0.717, 1.165) is 5.56 Å². The first-order valence-corrected chi connectivity index (χ1v) is 7.61. The van der Waals surface area contributed by atoms with Crippen LogP contribution < -0.4 is 4.74 Å². The van der Waals surface area contributed by atoms with Crippen molar-refractivity contribution < 1.29 is 18.4 Å². The van der Waals surface area contributed by atoms with Gasteiger partial charge in [-0.15, -0.1) is 0 Å². The molecule has 5 heteroatoms. The van der Waals surface area contributed by atoms with Crippen LogP contribution in [0.2, 0.25) is 0 Å². The van der Waals surface area contributed by atoms with E-state index in [4.69, 9.17) is 14.0 Å². The van der Waals surface area contributed by atoms with Gasteiger partial charge in [-0.1, -0.05) is 25.1 Å². The predicted octanol–water partition coefficient (Wildman–Crippen LogP) is 4.42. The van der Waals surface area contributed by atoms with Gasteiger partial charge in [-0.25, -0.2) is 4.39 Å². The zero-order chi connectivity index (χ0) is 16.5. The SMILES string of the molecule is CCC(=C(F)B1OC(C)(C)C(C)(C)O1)c1ccccc1OC. The highest BCUT2D eigenvalue weighted by atomic mass is 19.1. The van der Waals surface area contributed by atoms with Crippen LogP contribution in [0, 0.1) is 0 Å². The molecule has 0 N–H and O–H groups in total. The molecular weight excluding hydrogens is 282 g/mol. The van der Waals surface area contributed by atoms with Gasteiger partial charge in [0.05, 0.1) is 18.3 Å². The summed E-state index contributed by atoms with van der Waals surface area (Å²) in [4.78, 5) is 0. The molecule has 0 radical (unpaired) electrons. The molecule has 3 nitrogen and oxygen atoms in total. The molecule has 2 rings (SSSR count). The van der Waals surface area contributed by atoms with Gasteiger partial charge in [-0.3, -0.25) is 0 Å². The Labute approximate surface area is 132 Å². The topological polar surface area (TPSA) is 27.7 Å². The Bertz CT molecular complexity index is 565. The standard InChI is InChI=1S/C17H24BFO3/c1-7-12(13-10-8-9-11-14(13)20-6)15(19)18-21-16(2,3)17(4,5)22-18/h8-11H,7H2,1-6H3. The van der Waals surface area contributed by atoms with E-state index in [0.29, 0.717) is 17.7 Å². The second kappa shape index (κ2) is 6.05. The summed E-state index contributed by atoms with van der Waals surface area (Å²) in [5, 5.41) is 0. The first-order valence-electron chi connectivity index (χ1n) is 7.61. The number of rotatable bonds is 4. The summed E-state index contributed by atoms with van der Waals surface area (Å²) in [5.74, 6) is 0.644. The maximum Gasteiger partial charge on any atom is 0.525 e. The largest absolute Gasteiger partial charge is 0.525 e. The van der Waals surface area contributed by atoms with E-state index in [1.807, 2.05) is 58.9 Å². The molecule has 1 aliphatic heterocycles. The van der Waals surface area contributed by atoms with Crippen molar-refractivity contribution in [2.45, 2.75) is 52.2 Å². The quantitative estimate of drug-likeness (QED) is 0.771. The minimum atomic E-state index is -0.982. The lowest BCUT2D eigenvalue weighted by atomic mass is 9.82. The number of para-hydroxylation sites is 1. The highest BCUT2D eigenvalue weighted by molar-refractivity contribution is 6.55. The van der Waals surface area contributed by atoms with Gasteiger partial charge in [-0.2, -0.15) is 0 Å². The number of hydrogen-bond donors (Lipinski definition) is 0. The molecule has 1 heterocycles. The van der Waals surface area contributed by atoms with E-state index < -0.39 is 18.3 Å². The summed E-state index contributed by atoms with van der Waals surface area (Å²) >= 11 is 0. The van der Waals surface area contributed by atoms with E-state index in [9.17, 15) is 0 Å². The number of halogens is 1. The van der Waals surface area contributed by atoms with Gasteiger partial charge in [-0.05, 0) is 45.8 Å². The Morgan fingerprint density at radius 1 is 1.14 bits per heavy atom. The normalized spacial score (nSPS) is 20.8. The molecule has 0 aliphatic carbocycles. The Morgan fingerprint density at radius 3 is 2.18 bits per heavy atom. The molecule has 0 unspecified atom stereocenters. The smallest absolute Gasteiger partial charge is 0.496 e. The third kappa shape index (κ3) is 2.92. The van der Waals surface area contributed by atoms with Crippen molar-refractivity contribution >= 4 is 12.7 Å². The van der Waals surface area contributed by atoms with E-state index in [-0.39, 0.29) is 5.73 Å². The molecular formula is C17H24BFO3. The fourth-order valence-corrected chi connectivity index (χ4v) is 2.47. The molecule has 1 aromatic rings. The van der Waals surface area contributed by atoms with Crippen LogP contribution in [-0.4, -0.2) is 25.4 Å². The van der Waals surface area contributed by atoms with Gasteiger partial charge >= 0.3 is 7.12 Å². The number of benzene rings is 1. The van der Waals surface area contributed by atoms with E-state index in [1.54, 1.807) is 7.11 Å². The maximum absolute atomic E-state index is 15.0. The van der Waals surface area contributed by atoms with Crippen molar-refractivity contribution in [2.24, 2.45) is 0 Å². The maximum atomic E-state index is 15.0. The molecule has 1 aromatic carbocycles. The van der Waals surface area contributed by atoms with Gasteiger partial charge in [0.1, 0.15) is 11.5 Å². The van der Waals surface area contributed by atoms with Crippen LogP contribution in [0.25, 0.3) is 5.57 Å². The molecule has 22 heavy (non-hydrogen) atoms. The van der Waals surface area contributed by atoms with Crippen molar-refractivity contribution in [3.05, 3.63) is 35.6 Å². The van der Waals surface area contributed by atoms with Crippen molar-refractivity contribution in [1.29, 1.82) is 0 Å². The minimum Gasteiger partial charge on any atom is -0.496 e. The summed E-state index contributed by atoms with van der Waals surface area (Å²) < 4.78 is 32.0. The highest BCUT2D eigenvalue weighted by Crippen LogP contribution is 2.41. The first-order chi connectivity index (χ1) is 10.2. The Hall–Kier alpha value is -1.33. The predicted molar refractivity (Wildman–Crippen MR) is 87.4 cm³/mol. The molecule has 0 atom stereocenters. The van der Waals surface area contributed by atoms with Crippen molar-refractivity contribution in [3.8, 4) is 5.75 Å². The van der Waals surface area contributed by atoms with Crippen molar-refractivity contribution in [1.82, 2.24) is 0 Å². The summed E-state index contributed by atoms with van der Waals surface area (Å²) in [6.07, 6.45) is 0.524. The van der Waals surface area contributed by atoms with Crippen LogP contribution >= 0.6 is 0 Å². The van der Waals surface area contributed by atoms with E-state index >= 15 is 4.39 Å². The third-order valence-electron chi connectivity index (χ3n) is 4.53. The molecule has 1 saturated heterocycles. The fraction of sp³-hybridized carbons (Fsp3) is 0.529. The number of hydrogen-bond acceptors (Lipinski definition) is 3. The molecule has 0 bridgehead atoms. The Morgan fingerprint density at radius 2 is 1.68 bits per heavy atom. The molecule has 0 aromatic heterocycles. The van der Waals surface area contributed by atoms with Crippen molar-refractivity contribution in [2.75, 3.05) is 7.11 Å². The highest BCUT2D eigenvalue weighted by Gasteiger charge is 2.53. The molecule has 0 saturated carbocycles. The summed E-state index contributed by atoms with van der Waals surface area (Å²) in [5.41, 5.74) is -0.218. The van der Waals surface area contributed by atoms with Gasteiger partial charge < -0.3 is 14.0 Å². The second-order valence-electron chi connectivity index (χ2n) is 6.47. The summed E-state index contributed by atoms with van der Waals surface area (Å²) in [6.45, 7) is 9.56. The monoisotopic (exact) mass is 306 g/mol. The molecule has 1 aliphatic rings. The third-order valence-corrected chi connectivity index (χ3v) is 4.53. The minimum absolute atomic E-state index is 0.384. The van der Waals surface area contributed by atoms with Crippen LogP contribution in [0.4, 0.5) is 4.39 Å². The van der Waals surface area contributed by atoms with Crippen LogP contribution in [0.15, 0.2) is 30.0 Å². The van der Waals surface area contributed by atoms with Gasteiger partial charge in [0.25, 0.3) is 0 Å². The average Bonchev–Trinajstić information content (AvgIpc) is 2.68. The van der Waals surface area contributed by atoms with E-state index in [1.165, 1.54) is 0 Å². The number of methoxy groups -OCH3 is 1. The van der Waals surface area contributed by atoms with Crippen molar-refractivity contribution in [3.63, 3.8) is 0 Å². The lowest BCUT2D eigenvalue weighted by Gasteiger charge is -2.32. The number of ether oxygens (including phenoxy) is 1. The van der Waals surface area contributed by atoms with Gasteiger partial charge in [0, 0.05) is 5.56 Å². The van der Waals surface area contributed by atoms with Crippen LogP contribution in [0.3, 0.4) is 0 Å². The van der Waals surface area contributed by atoms with Crippen LogP contribution in [0.1, 0.15) is 46.6 Å². The lowest BCUT2D eigenvalue weighted by molar-refractivity contribution is 0.00578.